The van der Waals surface area contributed by atoms with Crippen LogP contribution < -0.4 is 4.72 Å². The van der Waals surface area contributed by atoms with Crippen LogP contribution in [-0.2, 0) is 23.1 Å². The second-order valence-electron chi connectivity index (χ2n) is 4.91. The molecule has 4 nitrogen and oxygen atoms in total. The van der Waals surface area contributed by atoms with Crippen LogP contribution in [-0.4, -0.2) is 13.5 Å². The van der Waals surface area contributed by atoms with Crippen molar-refractivity contribution in [1.29, 1.82) is 0 Å². The molecule has 5 heteroatoms. The van der Waals surface area contributed by atoms with Crippen LogP contribution in [0.25, 0.3) is 0 Å². The summed E-state index contributed by atoms with van der Waals surface area (Å²) in [5, 5.41) is 9.16. The summed E-state index contributed by atoms with van der Waals surface area (Å²) in [4.78, 5) is 0.246. The van der Waals surface area contributed by atoms with Gasteiger partial charge in [-0.3, -0.25) is 4.72 Å². The van der Waals surface area contributed by atoms with Gasteiger partial charge in [0.1, 0.15) is 0 Å². The van der Waals surface area contributed by atoms with Crippen molar-refractivity contribution in [3.8, 4) is 0 Å². The summed E-state index contributed by atoms with van der Waals surface area (Å²) in [6.07, 6.45) is 0.780. The van der Waals surface area contributed by atoms with Gasteiger partial charge >= 0.3 is 0 Å². The Morgan fingerprint density at radius 3 is 2.52 bits per heavy atom. The molecule has 0 aliphatic rings. The van der Waals surface area contributed by atoms with Crippen LogP contribution in [0.3, 0.4) is 0 Å². The summed E-state index contributed by atoms with van der Waals surface area (Å²) >= 11 is 0. The van der Waals surface area contributed by atoms with E-state index < -0.39 is 10.0 Å². The minimum absolute atomic E-state index is 0.125. The summed E-state index contributed by atoms with van der Waals surface area (Å²) in [6, 6.07) is 12.1. The molecule has 0 bridgehead atoms. The van der Waals surface area contributed by atoms with E-state index in [0.29, 0.717) is 11.3 Å². The molecule has 2 aromatic carbocycles. The monoisotopic (exact) mass is 305 g/mol. The van der Waals surface area contributed by atoms with Gasteiger partial charge in [-0.05, 0) is 48.2 Å². The lowest BCUT2D eigenvalue weighted by Gasteiger charge is -2.12. The molecule has 0 amide bonds. The van der Waals surface area contributed by atoms with E-state index in [1.165, 1.54) is 0 Å². The van der Waals surface area contributed by atoms with Gasteiger partial charge in [0, 0.05) is 0 Å². The highest BCUT2D eigenvalue weighted by molar-refractivity contribution is 7.92. The van der Waals surface area contributed by atoms with Crippen LogP contribution in [0.2, 0.25) is 0 Å². The molecule has 0 heterocycles. The Kier molecular flexibility index (Phi) is 4.65. The predicted octanol–water partition coefficient (Wildman–Crippen LogP) is 2.85. The molecule has 0 aliphatic carbocycles. The van der Waals surface area contributed by atoms with Crippen molar-refractivity contribution in [2.24, 2.45) is 0 Å². The van der Waals surface area contributed by atoms with E-state index in [1.807, 2.05) is 19.9 Å². The lowest BCUT2D eigenvalue weighted by Crippen LogP contribution is -2.14. The largest absolute Gasteiger partial charge is 0.392 e. The van der Waals surface area contributed by atoms with E-state index in [-0.39, 0.29) is 11.5 Å². The number of benzene rings is 2. The van der Waals surface area contributed by atoms with E-state index in [2.05, 4.69) is 4.72 Å². The average molecular weight is 305 g/mol. The third kappa shape index (κ3) is 3.62. The number of hydrogen-bond donors (Lipinski definition) is 2. The molecule has 0 spiro atoms. The molecular weight excluding hydrogens is 286 g/mol. The quantitative estimate of drug-likeness (QED) is 0.892. The zero-order valence-electron chi connectivity index (χ0n) is 12.1. The maximum absolute atomic E-state index is 12.4. The number of aliphatic hydroxyl groups is 1. The fraction of sp³-hybridized carbons (Fsp3) is 0.250. The van der Waals surface area contributed by atoms with E-state index in [0.717, 1.165) is 17.5 Å². The van der Waals surface area contributed by atoms with E-state index in [1.54, 1.807) is 36.4 Å². The number of nitrogens with one attached hydrogen (secondary N) is 1. The van der Waals surface area contributed by atoms with Crippen LogP contribution >= 0.6 is 0 Å². The number of sulfonamides is 1. The minimum Gasteiger partial charge on any atom is -0.392 e. The Morgan fingerprint density at radius 1 is 1.10 bits per heavy atom. The zero-order valence-corrected chi connectivity index (χ0v) is 12.9. The van der Waals surface area contributed by atoms with Crippen LogP contribution in [0.1, 0.15) is 23.6 Å². The van der Waals surface area contributed by atoms with Crippen molar-refractivity contribution in [3.05, 3.63) is 59.2 Å². The predicted molar refractivity (Wildman–Crippen MR) is 83.7 cm³/mol. The van der Waals surface area contributed by atoms with Crippen molar-refractivity contribution in [2.45, 2.75) is 31.8 Å². The molecule has 2 rings (SSSR count). The number of anilines is 1. The highest BCUT2D eigenvalue weighted by atomic mass is 32.2. The minimum atomic E-state index is -3.63. The first kappa shape index (κ1) is 15.5. The zero-order chi connectivity index (χ0) is 15.5. The fourth-order valence-corrected chi connectivity index (χ4v) is 3.21. The molecule has 0 fully saturated rings. The third-order valence-corrected chi connectivity index (χ3v) is 4.71. The molecule has 0 aromatic heterocycles. The van der Waals surface area contributed by atoms with E-state index in [9.17, 15) is 8.42 Å². The second-order valence-corrected chi connectivity index (χ2v) is 6.60. The lowest BCUT2D eigenvalue weighted by molar-refractivity contribution is 0.282. The van der Waals surface area contributed by atoms with Crippen LogP contribution in [0.5, 0.6) is 0 Å². The standard InChI is InChI=1S/C16H19NO3S/c1-3-13-5-4-6-15(9-13)21(19,20)17-16-10-14(11-18)8-7-12(16)2/h4-10,17-18H,3,11H2,1-2H3. The Labute approximate surface area is 125 Å². The Bertz CT molecular complexity index is 739. The molecule has 0 aliphatic heterocycles. The Hall–Kier alpha value is -1.85. The van der Waals surface area contributed by atoms with Crippen molar-refractivity contribution in [1.82, 2.24) is 0 Å². The van der Waals surface area contributed by atoms with Crippen molar-refractivity contribution >= 4 is 15.7 Å². The van der Waals surface area contributed by atoms with Crippen molar-refractivity contribution in [3.63, 3.8) is 0 Å². The first-order chi connectivity index (χ1) is 9.96. The molecule has 2 aromatic rings. The number of aryl methyl sites for hydroxylation is 2. The van der Waals surface area contributed by atoms with Crippen LogP contribution in [0.4, 0.5) is 5.69 Å². The summed E-state index contributed by atoms with van der Waals surface area (Å²) in [5.41, 5.74) is 2.94. The SMILES string of the molecule is CCc1cccc(S(=O)(=O)Nc2cc(CO)ccc2C)c1. The van der Waals surface area contributed by atoms with Gasteiger partial charge in [0.15, 0.2) is 0 Å². The maximum atomic E-state index is 12.4. The molecular formula is C16H19NO3S. The van der Waals surface area contributed by atoms with Crippen LogP contribution in [0.15, 0.2) is 47.4 Å². The molecule has 0 saturated carbocycles. The van der Waals surface area contributed by atoms with Gasteiger partial charge in [0.2, 0.25) is 0 Å². The van der Waals surface area contributed by atoms with Gasteiger partial charge in [-0.15, -0.1) is 0 Å². The molecule has 112 valence electrons. The summed E-state index contributed by atoms with van der Waals surface area (Å²) < 4.78 is 27.5. The van der Waals surface area contributed by atoms with Gasteiger partial charge in [-0.25, -0.2) is 8.42 Å². The first-order valence-corrected chi connectivity index (χ1v) is 8.26. The molecule has 2 N–H and O–H groups in total. The Balaban J connectivity index is 2.37. The highest BCUT2D eigenvalue weighted by Gasteiger charge is 2.15. The average Bonchev–Trinajstić information content (AvgIpc) is 2.49. The summed E-state index contributed by atoms with van der Waals surface area (Å²) in [7, 11) is -3.63. The van der Waals surface area contributed by atoms with E-state index >= 15 is 0 Å². The smallest absolute Gasteiger partial charge is 0.261 e. The van der Waals surface area contributed by atoms with Crippen molar-refractivity contribution < 1.29 is 13.5 Å². The van der Waals surface area contributed by atoms with Gasteiger partial charge < -0.3 is 5.11 Å². The normalized spacial score (nSPS) is 11.4. The van der Waals surface area contributed by atoms with Gasteiger partial charge in [0.05, 0.1) is 17.2 Å². The van der Waals surface area contributed by atoms with Gasteiger partial charge in [0.25, 0.3) is 10.0 Å². The molecule has 0 unspecified atom stereocenters. The van der Waals surface area contributed by atoms with Crippen molar-refractivity contribution in [2.75, 3.05) is 4.72 Å². The number of hydrogen-bond acceptors (Lipinski definition) is 3. The first-order valence-electron chi connectivity index (χ1n) is 6.78. The van der Waals surface area contributed by atoms with E-state index in [4.69, 9.17) is 5.11 Å². The molecule has 0 saturated heterocycles. The topological polar surface area (TPSA) is 66.4 Å². The number of rotatable bonds is 5. The summed E-state index contributed by atoms with van der Waals surface area (Å²) in [6.45, 7) is 3.68. The highest BCUT2D eigenvalue weighted by Crippen LogP contribution is 2.22. The lowest BCUT2D eigenvalue weighted by atomic mass is 10.1. The maximum Gasteiger partial charge on any atom is 0.261 e. The molecule has 0 radical (unpaired) electrons. The van der Waals surface area contributed by atoms with Gasteiger partial charge in [-0.1, -0.05) is 31.2 Å². The number of aliphatic hydroxyl groups excluding tert-OH is 1. The fourth-order valence-electron chi connectivity index (χ4n) is 2.01. The van der Waals surface area contributed by atoms with Crippen LogP contribution in [0, 0.1) is 6.92 Å². The molecule has 21 heavy (non-hydrogen) atoms. The Morgan fingerprint density at radius 2 is 1.86 bits per heavy atom. The third-order valence-electron chi connectivity index (χ3n) is 3.35. The molecule has 0 atom stereocenters. The second kappa shape index (κ2) is 6.28. The summed E-state index contributed by atoms with van der Waals surface area (Å²) in [5.74, 6) is 0. The van der Waals surface area contributed by atoms with Gasteiger partial charge in [-0.2, -0.15) is 0 Å².